The molecule has 0 saturated carbocycles. The van der Waals surface area contributed by atoms with Crippen LogP contribution >= 0.6 is 11.3 Å². The number of nitrogens with zero attached hydrogens (tertiary/aromatic N) is 4. The van der Waals surface area contributed by atoms with E-state index < -0.39 is 5.97 Å². The highest BCUT2D eigenvalue weighted by atomic mass is 32.1. The van der Waals surface area contributed by atoms with Gasteiger partial charge in [-0.15, -0.1) is 10.2 Å². The van der Waals surface area contributed by atoms with Gasteiger partial charge >= 0.3 is 12.0 Å². The fourth-order valence-electron chi connectivity index (χ4n) is 3.65. The smallest absolute Gasteiger partial charge is 0.325 e. The van der Waals surface area contributed by atoms with Crippen LogP contribution in [0.25, 0.3) is 0 Å². The monoisotopic (exact) mass is 488 g/mol. The largest absolute Gasteiger partial charge is 0.465 e. The Kier molecular flexibility index (Phi) is 8.19. The van der Waals surface area contributed by atoms with Gasteiger partial charge in [0, 0.05) is 30.1 Å². The first-order valence-electron chi connectivity index (χ1n) is 11.4. The first kappa shape index (κ1) is 25.5. The maximum Gasteiger partial charge on any atom is 0.325 e. The molecule has 2 aromatic heterocycles. The van der Waals surface area contributed by atoms with E-state index in [2.05, 4.69) is 25.8 Å². The van der Waals surface area contributed by atoms with Crippen LogP contribution in [-0.2, 0) is 14.9 Å². The number of anilines is 1. The number of carbonyl (C=O) groups is 3. The molecule has 2 N–H and O–H groups in total. The first-order valence-corrected chi connectivity index (χ1v) is 12.2. The lowest BCUT2D eigenvalue weighted by Crippen LogP contribution is -2.45. The number of rotatable bonds is 6. The van der Waals surface area contributed by atoms with Gasteiger partial charge in [-0.3, -0.25) is 19.9 Å². The quantitative estimate of drug-likeness (QED) is 0.598. The molecule has 3 amide bonds. The maximum atomic E-state index is 13.1. The number of hydrogen-bond donors (Lipinski definition) is 2. The average Bonchev–Trinajstić information content (AvgIpc) is 3.27. The molecule has 1 fully saturated rings. The van der Waals surface area contributed by atoms with Crippen LogP contribution in [0.5, 0.6) is 0 Å². The minimum atomic E-state index is -0.463. The van der Waals surface area contributed by atoms with Crippen molar-refractivity contribution in [2.75, 3.05) is 31.6 Å². The Morgan fingerprint density at radius 3 is 2.50 bits per heavy atom. The topological polar surface area (TPSA) is 126 Å². The SMILES string of the molecule is CCOC(=O)CNC(=O)N1CCC(c2nc(C)ccc2C(=O)Nc2nnc(C(C)(C)C)s2)CC1. The molecular formula is C23H32N6O4S. The number of aromatic nitrogens is 3. The molecule has 3 rings (SSSR count). The fourth-order valence-corrected chi connectivity index (χ4v) is 4.45. The van der Waals surface area contributed by atoms with Crippen LogP contribution in [0.4, 0.5) is 9.93 Å². The second kappa shape index (κ2) is 10.9. The predicted molar refractivity (Wildman–Crippen MR) is 129 cm³/mol. The number of amides is 3. The Hall–Kier alpha value is -3.08. The number of hydrogen-bond acceptors (Lipinski definition) is 8. The van der Waals surface area contributed by atoms with E-state index in [1.54, 1.807) is 17.9 Å². The predicted octanol–water partition coefficient (Wildman–Crippen LogP) is 3.24. The van der Waals surface area contributed by atoms with Gasteiger partial charge in [-0.1, -0.05) is 32.1 Å². The van der Waals surface area contributed by atoms with Crippen molar-refractivity contribution >= 4 is 34.4 Å². The molecule has 1 saturated heterocycles. The van der Waals surface area contributed by atoms with Crippen molar-refractivity contribution in [3.8, 4) is 0 Å². The third kappa shape index (κ3) is 6.49. The Balaban J connectivity index is 1.65. The lowest BCUT2D eigenvalue weighted by molar-refractivity contribution is -0.141. The Bertz CT molecular complexity index is 1040. The Morgan fingerprint density at radius 1 is 1.18 bits per heavy atom. The Morgan fingerprint density at radius 2 is 1.88 bits per heavy atom. The lowest BCUT2D eigenvalue weighted by Gasteiger charge is -2.32. The number of urea groups is 1. The van der Waals surface area contributed by atoms with E-state index in [1.807, 2.05) is 33.8 Å². The van der Waals surface area contributed by atoms with Crippen LogP contribution in [-0.4, -0.2) is 64.2 Å². The van der Waals surface area contributed by atoms with Crippen LogP contribution < -0.4 is 10.6 Å². The summed E-state index contributed by atoms with van der Waals surface area (Å²) in [4.78, 5) is 43.3. The molecule has 0 bridgehead atoms. The highest BCUT2D eigenvalue weighted by Crippen LogP contribution is 2.31. The molecule has 1 aliphatic heterocycles. The van der Waals surface area contributed by atoms with Gasteiger partial charge in [0.1, 0.15) is 11.6 Å². The molecule has 0 aliphatic carbocycles. The van der Waals surface area contributed by atoms with Crippen molar-refractivity contribution in [3.05, 3.63) is 34.1 Å². The van der Waals surface area contributed by atoms with Crippen LogP contribution in [0.3, 0.4) is 0 Å². The van der Waals surface area contributed by atoms with Gasteiger partial charge in [-0.05, 0) is 38.8 Å². The average molecular weight is 489 g/mol. The van der Waals surface area contributed by atoms with Gasteiger partial charge in [-0.25, -0.2) is 4.79 Å². The van der Waals surface area contributed by atoms with Crippen molar-refractivity contribution in [1.29, 1.82) is 0 Å². The molecule has 1 aliphatic rings. The van der Waals surface area contributed by atoms with Gasteiger partial charge in [0.05, 0.1) is 17.9 Å². The fraction of sp³-hybridized carbons (Fsp3) is 0.565. The summed E-state index contributed by atoms with van der Waals surface area (Å²) < 4.78 is 4.84. The van der Waals surface area contributed by atoms with Crippen LogP contribution in [0.2, 0.25) is 0 Å². The van der Waals surface area contributed by atoms with Crippen molar-refractivity contribution in [2.24, 2.45) is 0 Å². The van der Waals surface area contributed by atoms with Gasteiger partial charge in [0.15, 0.2) is 0 Å². The van der Waals surface area contributed by atoms with Crippen molar-refractivity contribution in [1.82, 2.24) is 25.4 Å². The molecular weight excluding hydrogens is 456 g/mol. The second-order valence-electron chi connectivity index (χ2n) is 9.23. The van der Waals surface area contributed by atoms with Crippen molar-refractivity contribution in [2.45, 2.75) is 58.8 Å². The number of aryl methyl sites for hydroxylation is 1. The minimum Gasteiger partial charge on any atom is -0.465 e. The van der Waals surface area contributed by atoms with E-state index in [0.29, 0.717) is 36.6 Å². The van der Waals surface area contributed by atoms with Crippen LogP contribution in [0.1, 0.15) is 73.2 Å². The molecule has 34 heavy (non-hydrogen) atoms. The number of pyridine rings is 1. The zero-order valence-corrected chi connectivity index (χ0v) is 21.1. The van der Waals surface area contributed by atoms with E-state index in [0.717, 1.165) is 16.4 Å². The molecule has 0 spiro atoms. The Labute approximate surface area is 203 Å². The number of likely N-dealkylation sites (tertiary alicyclic amines) is 1. The molecule has 0 radical (unpaired) electrons. The van der Waals surface area contributed by atoms with Crippen molar-refractivity contribution < 1.29 is 19.1 Å². The standard InChI is InChI=1S/C23H32N6O4S/c1-6-33-17(30)13-24-22(32)29-11-9-15(10-12-29)18-16(8-7-14(2)25-18)19(31)26-21-28-27-20(34-21)23(3,4)5/h7-8,15H,6,9-13H2,1-5H3,(H,24,32)(H,26,28,31). The molecule has 184 valence electrons. The highest BCUT2D eigenvalue weighted by molar-refractivity contribution is 7.15. The third-order valence-electron chi connectivity index (χ3n) is 5.45. The summed E-state index contributed by atoms with van der Waals surface area (Å²) in [5.74, 6) is -0.696. The summed E-state index contributed by atoms with van der Waals surface area (Å²) >= 11 is 1.36. The van der Waals surface area contributed by atoms with Crippen molar-refractivity contribution in [3.63, 3.8) is 0 Å². The zero-order chi connectivity index (χ0) is 24.9. The third-order valence-corrected chi connectivity index (χ3v) is 6.72. The molecule has 10 nitrogen and oxygen atoms in total. The minimum absolute atomic E-state index is 0.0364. The van der Waals surface area contributed by atoms with Gasteiger partial charge < -0.3 is 15.0 Å². The molecule has 11 heteroatoms. The summed E-state index contributed by atoms with van der Waals surface area (Å²) in [5, 5.41) is 15.1. The van der Waals surface area contributed by atoms with Crippen LogP contribution in [0, 0.1) is 6.92 Å². The van der Waals surface area contributed by atoms with Gasteiger partial charge in [0.25, 0.3) is 5.91 Å². The van der Waals surface area contributed by atoms with E-state index in [4.69, 9.17) is 4.74 Å². The van der Waals surface area contributed by atoms with E-state index in [1.165, 1.54) is 11.3 Å². The summed E-state index contributed by atoms with van der Waals surface area (Å²) in [6.07, 6.45) is 1.33. The number of piperidine rings is 1. The zero-order valence-electron chi connectivity index (χ0n) is 20.3. The lowest BCUT2D eigenvalue weighted by atomic mass is 9.90. The molecule has 0 aromatic carbocycles. The summed E-state index contributed by atoms with van der Waals surface area (Å²) in [5.41, 5.74) is 1.91. The molecule has 3 heterocycles. The number of nitrogens with one attached hydrogen (secondary N) is 2. The normalized spacial score (nSPS) is 14.6. The number of carbonyl (C=O) groups excluding carboxylic acids is 3. The molecule has 0 atom stereocenters. The van der Waals surface area contributed by atoms with E-state index in [-0.39, 0.29) is 36.4 Å². The van der Waals surface area contributed by atoms with E-state index >= 15 is 0 Å². The first-order chi connectivity index (χ1) is 16.1. The highest BCUT2D eigenvalue weighted by Gasteiger charge is 2.29. The second-order valence-corrected chi connectivity index (χ2v) is 10.2. The molecule has 0 unspecified atom stereocenters. The van der Waals surface area contributed by atoms with Crippen LogP contribution in [0.15, 0.2) is 12.1 Å². The number of esters is 1. The maximum absolute atomic E-state index is 13.1. The summed E-state index contributed by atoms with van der Waals surface area (Å²) in [6, 6.07) is 3.31. The van der Waals surface area contributed by atoms with Gasteiger partial charge in [0.2, 0.25) is 5.13 Å². The molecule has 2 aromatic rings. The summed E-state index contributed by atoms with van der Waals surface area (Å²) in [6.45, 7) is 10.9. The van der Waals surface area contributed by atoms with E-state index in [9.17, 15) is 14.4 Å². The number of ether oxygens (including phenoxy) is 1. The van der Waals surface area contributed by atoms with Gasteiger partial charge in [-0.2, -0.15) is 0 Å². The summed E-state index contributed by atoms with van der Waals surface area (Å²) in [7, 11) is 0.